The molecule has 0 saturated carbocycles. The number of amides is 2. The van der Waals surface area contributed by atoms with E-state index in [0.29, 0.717) is 23.4 Å². The van der Waals surface area contributed by atoms with E-state index in [2.05, 4.69) is 33.9 Å². The predicted octanol–water partition coefficient (Wildman–Crippen LogP) is 4.64. The van der Waals surface area contributed by atoms with Crippen LogP contribution in [0.15, 0.2) is 95.3 Å². The minimum absolute atomic E-state index is 0.0104. The van der Waals surface area contributed by atoms with Gasteiger partial charge in [-0.15, -0.1) is 0 Å². The Morgan fingerprint density at radius 1 is 1.24 bits per heavy atom. The predicted molar refractivity (Wildman–Crippen MR) is 163 cm³/mol. The third-order valence-corrected chi connectivity index (χ3v) is 6.08. The number of carbonyl (C=O) groups is 2. The van der Waals surface area contributed by atoms with Crippen molar-refractivity contribution >= 4 is 35.2 Å². The molecule has 0 atom stereocenters. The molecule has 3 aromatic rings. The van der Waals surface area contributed by atoms with Gasteiger partial charge in [-0.3, -0.25) is 14.4 Å². The summed E-state index contributed by atoms with van der Waals surface area (Å²) >= 11 is 0. The molecule has 0 aliphatic heterocycles. The summed E-state index contributed by atoms with van der Waals surface area (Å²) in [4.78, 5) is 42.3. The molecule has 218 valence electrons. The Balaban J connectivity index is 2.05. The highest BCUT2D eigenvalue weighted by molar-refractivity contribution is 6.08. The molecule has 11 heteroatoms. The molecule has 3 N–H and O–H groups in total. The van der Waals surface area contributed by atoms with Crippen molar-refractivity contribution in [2.45, 2.75) is 33.4 Å². The van der Waals surface area contributed by atoms with Crippen LogP contribution in [0.2, 0.25) is 0 Å². The van der Waals surface area contributed by atoms with Crippen molar-refractivity contribution in [2.75, 3.05) is 10.3 Å². The molecule has 0 fully saturated rings. The van der Waals surface area contributed by atoms with E-state index in [1.165, 1.54) is 29.1 Å². The summed E-state index contributed by atoms with van der Waals surface area (Å²) in [5, 5.41) is 21.2. The van der Waals surface area contributed by atoms with E-state index in [4.69, 9.17) is 0 Å². The summed E-state index contributed by atoms with van der Waals surface area (Å²) in [5.41, 5.74) is 1.78. The van der Waals surface area contributed by atoms with Crippen molar-refractivity contribution in [3.8, 4) is 11.3 Å². The zero-order chi connectivity index (χ0) is 30.8. The number of carbonyl (C=O) groups excluding carboxylic acids is 2. The monoisotopic (exact) mass is 572 g/mol. The molecule has 10 nitrogen and oxygen atoms in total. The van der Waals surface area contributed by atoms with Gasteiger partial charge in [-0.2, -0.15) is 10.1 Å². The van der Waals surface area contributed by atoms with Gasteiger partial charge < -0.3 is 20.3 Å². The number of halogens is 1. The van der Waals surface area contributed by atoms with E-state index in [9.17, 15) is 23.9 Å². The van der Waals surface area contributed by atoms with E-state index >= 15 is 0 Å². The Hall–Kier alpha value is -5.16. The van der Waals surface area contributed by atoms with Crippen LogP contribution in [0, 0.1) is 0 Å². The standard InChI is InChI=1S/C31H33FN6O4/c1-6-11-25(32)20(4)30(41)38(34-8-3)27-15-10-14-23(24(27)19-39)26-18-37(5)31(42)29(36-26)35-22-13-9-12-21(16-22)17-33-28(40)7-2/h7-16,18,39H,2,4,6,17,19H2,1,3,5H3,(H,33,40)(H,35,36)/b25-11+,34-8?. The van der Waals surface area contributed by atoms with E-state index in [0.717, 1.165) is 10.6 Å². The zero-order valence-electron chi connectivity index (χ0n) is 23.7. The van der Waals surface area contributed by atoms with Crippen molar-refractivity contribution in [1.29, 1.82) is 0 Å². The lowest BCUT2D eigenvalue weighted by molar-refractivity contribution is -0.117. The van der Waals surface area contributed by atoms with Crippen molar-refractivity contribution < 1.29 is 19.1 Å². The summed E-state index contributed by atoms with van der Waals surface area (Å²) in [6.45, 7) is 10.1. The lowest BCUT2D eigenvalue weighted by Gasteiger charge is -2.22. The maximum atomic E-state index is 14.5. The second-order valence-corrected chi connectivity index (χ2v) is 9.03. The van der Waals surface area contributed by atoms with Crippen LogP contribution in [0.1, 0.15) is 31.4 Å². The van der Waals surface area contributed by atoms with Gasteiger partial charge in [0, 0.05) is 42.8 Å². The number of aromatic nitrogens is 2. The number of allylic oxidation sites excluding steroid dienone is 1. The van der Waals surface area contributed by atoms with Gasteiger partial charge >= 0.3 is 0 Å². The van der Waals surface area contributed by atoms with E-state index in [1.54, 1.807) is 57.3 Å². The number of aliphatic hydroxyl groups excluding tert-OH is 1. The third-order valence-electron chi connectivity index (χ3n) is 6.08. The van der Waals surface area contributed by atoms with Gasteiger partial charge in [-0.05, 0) is 49.3 Å². The number of nitrogens with one attached hydrogen (secondary N) is 2. The van der Waals surface area contributed by atoms with E-state index in [-0.39, 0.29) is 35.1 Å². The Morgan fingerprint density at radius 2 is 1.98 bits per heavy atom. The second-order valence-electron chi connectivity index (χ2n) is 9.03. The first-order valence-corrected chi connectivity index (χ1v) is 13.1. The summed E-state index contributed by atoms with van der Waals surface area (Å²) in [6, 6.07) is 12.0. The van der Waals surface area contributed by atoms with Gasteiger partial charge in [0.1, 0.15) is 5.83 Å². The van der Waals surface area contributed by atoms with Crippen LogP contribution in [0.4, 0.5) is 21.6 Å². The Bertz CT molecular complexity index is 1630. The minimum Gasteiger partial charge on any atom is -0.392 e. The fraction of sp³-hybridized carbons (Fsp3) is 0.194. The highest BCUT2D eigenvalue weighted by Gasteiger charge is 2.25. The number of aryl methyl sites for hydroxylation is 1. The van der Waals surface area contributed by atoms with Crippen LogP contribution in [0.3, 0.4) is 0 Å². The van der Waals surface area contributed by atoms with Crippen molar-refractivity contribution in [1.82, 2.24) is 14.9 Å². The van der Waals surface area contributed by atoms with Crippen LogP contribution >= 0.6 is 0 Å². The number of benzene rings is 2. The maximum absolute atomic E-state index is 14.5. The number of rotatable bonds is 12. The first-order valence-electron chi connectivity index (χ1n) is 13.1. The second kappa shape index (κ2) is 14.5. The highest BCUT2D eigenvalue weighted by atomic mass is 19.1. The molecule has 0 spiro atoms. The molecule has 2 amide bonds. The first kappa shape index (κ1) is 31.4. The van der Waals surface area contributed by atoms with Gasteiger partial charge in [0.15, 0.2) is 5.82 Å². The van der Waals surface area contributed by atoms with Crippen molar-refractivity contribution in [3.05, 3.63) is 107 Å². The average molecular weight is 573 g/mol. The summed E-state index contributed by atoms with van der Waals surface area (Å²) in [6.07, 6.45) is 5.66. The highest BCUT2D eigenvalue weighted by Crippen LogP contribution is 2.32. The fourth-order valence-corrected chi connectivity index (χ4v) is 4.03. The molecule has 0 aliphatic carbocycles. The van der Waals surface area contributed by atoms with Crippen LogP contribution in [-0.4, -0.2) is 32.7 Å². The molecule has 0 unspecified atom stereocenters. The number of aliphatic hydroxyl groups is 1. The molecular formula is C31H33FN6O4. The van der Waals surface area contributed by atoms with Gasteiger partial charge in [-0.25, -0.2) is 9.37 Å². The molecule has 42 heavy (non-hydrogen) atoms. The van der Waals surface area contributed by atoms with E-state index < -0.39 is 23.9 Å². The molecule has 1 heterocycles. The molecule has 0 aliphatic rings. The molecule has 3 rings (SSSR count). The van der Waals surface area contributed by atoms with Crippen LogP contribution in [0.5, 0.6) is 0 Å². The SMILES string of the molecule is C=CC(=O)NCc1cccc(Nc2nc(-c3cccc(N(N=CC)C(=O)C(=C)/C(F)=C\CC)c3CO)cn(C)c2=O)c1. The third kappa shape index (κ3) is 7.32. The number of nitrogens with zero attached hydrogens (tertiary/aromatic N) is 4. The maximum Gasteiger partial charge on any atom is 0.293 e. The lowest BCUT2D eigenvalue weighted by Crippen LogP contribution is -2.28. The molecular weight excluding hydrogens is 539 g/mol. The summed E-state index contributed by atoms with van der Waals surface area (Å²) < 4.78 is 15.8. The fourth-order valence-electron chi connectivity index (χ4n) is 4.03. The topological polar surface area (TPSA) is 129 Å². The van der Waals surface area contributed by atoms with Gasteiger partial charge in [0.05, 0.1) is 23.6 Å². The largest absolute Gasteiger partial charge is 0.392 e. The van der Waals surface area contributed by atoms with Crippen molar-refractivity contribution in [3.63, 3.8) is 0 Å². The number of hydrogen-bond donors (Lipinski definition) is 3. The zero-order valence-corrected chi connectivity index (χ0v) is 23.7. The molecule has 0 saturated heterocycles. The summed E-state index contributed by atoms with van der Waals surface area (Å²) in [5.74, 6) is -1.86. The summed E-state index contributed by atoms with van der Waals surface area (Å²) in [7, 11) is 1.56. The number of hydrazone groups is 1. The number of hydrogen-bond acceptors (Lipinski definition) is 7. The first-order chi connectivity index (χ1) is 20.1. The Labute approximate surface area is 243 Å². The van der Waals surface area contributed by atoms with Gasteiger partial charge in [0.25, 0.3) is 11.5 Å². The van der Waals surface area contributed by atoms with Crippen molar-refractivity contribution in [2.24, 2.45) is 12.1 Å². The Kier molecular flexibility index (Phi) is 10.8. The molecule has 1 aromatic heterocycles. The average Bonchev–Trinajstić information content (AvgIpc) is 2.99. The van der Waals surface area contributed by atoms with Crippen LogP contribution in [-0.2, 0) is 29.8 Å². The number of anilines is 3. The van der Waals surface area contributed by atoms with E-state index in [1.807, 2.05) is 6.07 Å². The normalized spacial score (nSPS) is 11.3. The van der Waals surface area contributed by atoms with Gasteiger partial charge in [-0.1, -0.05) is 44.3 Å². The van der Waals surface area contributed by atoms with Gasteiger partial charge in [0.2, 0.25) is 5.91 Å². The van der Waals surface area contributed by atoms with Crippen LogP contribution < -0.4 is 21.2 Å². The quantitative estimate of drug-likeness (QED) is 0.126. The molecule has 0 radical (unpaired) electrons. The molecule has 0 bridgehead atoms. The Morgan fingerprint density at radius 3 is 2.64 bits per heavy atom. The van der Waals surface area contributed by atoms with Crippen LogP contribution in [0.25, 0.3) is 11.3 Å². The minimum atomic E-state index is -0.804. The smallest absolute Gasteiger partial charge is 0.293 e. The lowest BCUT2D eigenvalue weighted by atomic mass is 10.0. The molecule has 2 aromatic carbocycles.